The number of aliphatic imine (C=N–C) groups is 1. The van der Waals surface area contributed by atoms with Gasteiger partial charge in [-0.15, -0.1) is 0 Å². The fourth-order valence-corrected chi connectivity index (χ4v) is 2.75. The van der Waals surface area contributed by atoms with Gasteiger partial charge in [-0.25, -0.2) is 0 Å². The van der Waals surface area contributed by atoms with E-state index < -0.39 is 0 Å². The third-order valence-electron chi connectivity index (χ3n) is 4.35. The van der Waals surface area contributed by atoms with Crippen LogP contribution in [0.2, 0.25) is 0 Å². The number of benzene rings is 2. The molecule has 0 amide bonds. The second kappa shape index (κ2) is 6.65. The van der Waals surface area contributed by atoms with Gasteiger partial charge in [0.05, 0.1) is 6.54 Å². The van der Waals surface area contributed by atoms with E-state index in [2.05, 4.69) is 64.9 Å². The molecule has 3 rings (SSSR count). The van der Waals surface area contributed by atoms with Gasteiger partial charge in [-0.2, -0.15) is 0 Å². The Hall–Kier alpha value is -2.29. The Kier molecular flexibility index (Phi) is 4.42. The van der Waals surface area contributed by atoms with Crippen LogP contribution in [-0.2, 0) is 11.8 Å². The molecule has 1 aliphatic carbocycles. The topological polar surface area (TPSA) is 50.4 Å². The van der Waals surface area contributed by atoms with Crippen LogP contribution in [0.1, 0.15) is 24.0 Å². The van der Waals surface area contributed by atoms with E-state index in [1.165, 1.54) is 24.0 Å². The van der Waals surface area contributed by atoms with E-state index >= 15 is 0 Å². The number of guanidine groups is 1. The highest BCUT2D eigenvalue weighted by atomic mass is 15.1. The van der Waals surface area contributed by atoms with Gasteiger partial charge in [0.25, 0.3) is 0 Å². The van der Waals surface area contributed by atoms with Crippen molar-refractivity contribution in [2.75, 3.05) is 13.1 Å². The van der Waals surface area contributed by atoms with Crippen molar-refractivity contribution in [3.05, 3.63) is 71.8 Å². The second-order valence-electron chi connectivity index (χ2n) is 6.01. The minimum Gasteiger partial charge on any atom is -0.370 e. The molecule has 1 saturated carbocycles. The summed E-state index contributed by atoms with van der Waals surface area (Å²) < 4.78 is 0. The molecule has 0 heterocycles. The lowest BCUT2D eigenvalue weighted by Crippen LogP contribution is -2.34. The first-order valence-corrected chi connectivity index (χ1v) is 7.92. The molecule has 1 aliphatic rings. The minimum absolute atomic E-state index is 0.229. The Morgan fingerprint density at radius 2 is 1.64 bits per heavy atom. The first-order chi connectivity index (χ1) is 10.8. The van der Waals surface area contributed by atoms with E-state index in [1.807, 2.05) is 6.07 Å². The van der Waals surface area contributed by atoms with Crippen molar-refractivity contribution in [3.63, 3.8) is 0 Å². The summed E-state index contributed by atoms with van der Waals surface area (Å²) in [5, 5.41) is 3.21. The molecule has 0 radical (unpaired) electrons. The van der Waals surface area contributed by atoms with Gasteiger partial charge in [-0.1, -0.05) is 60.7 Å². The van der Waals surface area contributed by atoms with Gasteiger partial charge < -0.3 is 11.1 Å². The summed E-state index contributed by atoms with van der Waals surface area (Å²) in [5.41, 5.74) is 8.91. The third-order valence-corrected chi connectivity index (χ3v) is 4.35. The Bertz CT molecular complexity index is 616. The maximum Gasteiger partial charge on any atom is 0.188 e. The molecule has 22 heavy (non-hydrogen) atoms. The summed E-state index contributed by atoms with van der Waals surface area (Å²) in [5.74, 6) is 0.554. The first kappa shape index (κ1) is 14.6. The molecule has 0 aromatic heterocycles. The minimum atomic E-state index is 0.229. The zero-order chi connectivity index (χ0) is 15.3. The van der Waals surface area contributed by atoms with Crippen molar-refractivity contribution in [3.8, 4) is 0 Å². The molecule has 0 atom stereocenters. The molecule has 3 N–H and O–H groups in total. The lowest BCUT2D eigenvalue weighted by Gasteiger charge is -2.13. The second-order valence-corrected chi connectivity index (χ2v) is 6.01. The molecular formula is C19H23N3. The van der Waals surface area contributed by atoms with E-state index in [0.29, 0.717) is 5.96 Å². The van der Waals surface area contributed by atoms with Gasteiger partial charge in [0.15, 0.2) is 5.96 Å². The molecule has 0 aliphatic heterocycles. The van der Waals surface area contributed by atoms with Crippen molar-refractivity contribution >= 4 is 5.96 Å². The van der Waals surface area contributed by atoms with E-state index in [9.17, 15) is 0 Å². The monoisotopic (exact) mass is 293 g/mol. The molecule has 3 heteroatoms. The number of nitrogens with one attached hydrogen (secondary N) is 1. The van der Waals surface area contributed by atoms with Gasteiger partial charge in [0, 0.05) is 12.0 Å². The highest BCUT2D eigenvalue weighted by Gasteiger charge is 2.43. The smallest absolute Gasteiger partial charge is 0.188 e. The maximum atomic E-state index is 5.99. The van der Waals surface area contributed by atoms with E-state index in [4.69, 9.17) is 5.73 Å². The predicted molar refractivity (Wildman–Crippen MR) is 92.0 cm³/mol. The van der Waals surface area contributed by atoms with Crippen LogP contribution in [-0.4, -0.2) is 19.0 Å². The number of rotatable bonds is 6. The van der Waals surface area contributed by atoms with Crippen LogP contribution in [0, 0.1) is 0 Å². The van der Waals surface area contributed by atoms with Crippen LogP contribution in [0.15, 0.2) is 65.7 Å². The molecule has 0 bridgehead atoms. The average molecular weight is 293 g/mol. The lowest BCUT2D eigenvalue weighted by atomic mass is 9.96. The predicted octanol–water partition coefficient (Wildman–Crippen LogP) is 2.87. The molecule has 0 spiro atoms. The molecule has 0 unspecified atom stereocenters. The van der Waals surface area contributed by atoms with Gasteiger partial charge in [0.2, 0.25) is 0 Å². The number of hydrogen-bond donors (Lipinski definition) is 2. The van der Waals surface area contributed by atoms with Crippen LogP contribution in [0.25, 0.3) is 0 Å². The van der Waals surface area contributed by atoms with Crippen molar-refractivity contribution in [2.45, 2.75) is 24.7 Å². The van der Waals surface area contributed by atoms with Crippen molar-refractivity contribution in [1.82, 2.24) is 5.32 Å². The Labute approximate surface area is 132 Å². The molecule has 2 aromatic carbocycles. The number of nitrogens with zero attached hydrogens (tertiary/aromatic N) is 1. The standard InChI is InChI=1S/C19H23N3/c20-18(21-14-11-16-7-3-1-4-8-16)22-15-19(12-13-19)17-9-5-2-6-10-17/h1-10H,11-15H2,(H3,20,21,22). The SMILES string of the molecule is NC(=NCC1(c2ccccc2)CC1)NCCc1ccccc1. The molecule has 114 valence electrons. The Morgan fingerprint density at radius 1 is 1.00 bits per heavy atom. The summed E-state index contributed by atoms with van der Waals surface area (Å²) in [7, 11) is 0. The highest BCUT2D eigenvalue weighted by molar-refractivity contribution is 5.77. The van der Waals surface area contributed by atoms with E-state index in [0.717, 1.165) is 19.5 Å². The summed E-state index contributed by atoms with van der Waals surface area (Å²) in [4.78, 5) is 4.55. The number of nitrogens with two attached hydrogens (primary N) is 1. The van der Waals surface area contributed by atoms with Gasteiger partial charge >= 0.3 is 0 Å². The van der Waals surface area contributed by atoms with Crippen molar-refractivity contribution in [1.29, 1.82) is 0 Å². The Morgan fingerprint density at radius 3 is 2.27 bits per heavy atom. The molecule has 2 aromatic rings. The summed E-state index contributed by atoms with van der Waals surface area (Å²) in [6.45, 7) is 1.60. The largest absolute Gasteiger partial charge is 0.370 e. The highest BCUT2D eigenvalue weighted by Crippen LogP contribution is 2.48. The van der Waals surface area contributed by atoms with Crippen molar-refractivity contribution < 1.29 is 0 Å². The molecule has 1 fully saturated rings. The molecular weight excluding hydrogens is 270 g/mol. The quantitative estimate of drug-likeness (QED) is 0.635. The van der Waals surface area contributed by atoms with Crippen LogP contribution in [0.5, 0.6) is 0 Å². The normalized spacial score (nSPS) is 16.3. The summed E-state index contributed by atoms with van der Waals surface area (Å²) >= 11 is 0. The van der Waals surface area contributed by atoms with Gasteiger partial charge in [-0.3, -0.25) is 4.99 Å². The van der Waals surface area contributed by atoms with Crippen LogP contribution in [0.4, 0.5) is 0 Å². The third kappa shape index (κ3) is 3.67. The fraction of sp³-hybridized carbons (Fsp3) is 0.316. The maximum absolute atomic E-state index is 5.99. The molecule has 3 nitrogen and oxygen atoms in total. The van der Waals surface area contributed by atoms with Crippen molar-refractivity contribution in [2.24, 2.45) is 10.7 Å². The zero-order valence-electron chi connectivity index (χ0n) is 12.8. The molecule has 0 saturated heterocycles. The van der Waals surface area contributed by atoms with Crippen LogP contribution < -0.4 is 11.1 Å². The zero-order valence-corrected chi connectivity index (χ0v) is 12.8. The van der Waals surface area contributed by atoms with E-state index in [-0.39, 0.29) is 5.41 Å². The fourth-order valence-electron chi connectivity index (χ4n) is 2.75. The van der Waals surface area contributed by atoms with Crippen LogP contribution >= 0.6 is 0 Å². The summed E-state index contributed by atoms with van der Waals surface area (Å²) in [6.07, 6.45) is 3.37. The van der Waals surface area contributed by atoms with E-state index in [1.54, 1.807) is 0 Å². The first-order valence-electron chi connectivity index (χ1n) is 7.92. The number of hydrogen-bond acceptors (Lipinski definition) is 1. The van der Waals surface area contributed by atoms with Gasteiger partial charge in [-0.05, 0) is 30.4 Å². The van der Waals surface area contributed by atoms with Crippen LogP contribution in [0.3, 0.4) is 0 Å². The lowest BCUT2D eigenvalue weighted by molar-refractivity contribution is 0.699. The average Bonchev–Trinajstić information content (AvgIpc) is 3.36. The van der Waals surface area contributed by atoms with Gasteiger partial charge in [0.1, 0.15) is 0 Å². The Balaban J connectivity index is 1.48. The summed E-state index contributed by atoms with van der Waals surface area (Å²) in [6, 6.07) is 21.1.